The van der Waals surface area contributed by atoms with Gasteiger partial charge in [0.15, 0.2) is 0 Å². The standard InChI is InChI=1S/C15H24N2O2/c1-11(2)15(3,19)10-16-14(18)12-6-8-13(9-7-12)17(4)5/h6-9,11,19H,10H2,1-5H3,(H,16,18). The van der Waals surface area contributed by atoms with E-state index >= 15 is 0 Å². The van der Waals surface area contributed by atoms with Crippen LogP contribution < -0.4 is 10.2 Å². The number of aliphatic hydroxyl groups is 1. The lowest BCUT2D eigenvalue weighted by Gasteiger charge is -2.27. The van der Waals surface area contributed by atoms with Crippen molar-refractivity contribution in [3.63, 3.8) is 0 Å². The third-order valence-electron chi connectivity index (χ3n) is 3.50. The van der Waals surface area contributed by atoms with Gasteiger partial charge in [-0.25, -0.2) is 0 Å². The highest BCUT2D eigenvalue weighted by Crippen LogP contribution is 2.15. The second-order valence-electron chi connectivity index (χ2n) is 5.64. The molecule has 0 aliphatic heterocycles. The van der Waals surface area contributed by atoms with Gasteiger partial charge in [0.1, 0.15) is 0 Å². The molecule has 19 heavy (non-hydrogen) atoms. The Morgan fingerprint density at radius 2 is 1.84 bits per heavy atom. The maximum absolute atomic E-state index is 12.0. The summed E-state index contributed by atoms with van der Waals surface area (Å²) in [5.74, 6) is -0.0739. The molecular formula is C15H24N2O2. The van der Waals surface area contributed by atoms with Crippen LogP contribution in [-0.4, -0.2) is 37.3 Å². The van der Waals surface area contributed by atoms with E-state index in [-0.39, 0.29) is 18.4 Å². The molecule has 0 radical (unpaired) electrons. The van der Waals surface area contributed by atoms with Crippen LogP contribution in [0.3, 0.4) is 0 Å². The number of benzene rings is 1. The predicted octanol–water partition coefficient (Wildman–Crippen LogP) is 1.89. The number of carbonyl (C=O) groups is 1. The molecule has 106 valence electrons. The molecule has 0 aliphatic rings. The zero-order chi connectivity index (χ0) is 14.6. The molecule has 1 atom stereocenters. The molecule has 2 N–H and O–H groups in total. The van der Waals surface area contributed by atoms with Crippen molar-refractivity contribution >= 4 is 11.6 Å². The molecule has 0 fully saturated rings. The summed E-state index contributed by atoms with van der Waals surface area (Å²) in [6.07, 6.45) is 0. The number of hydrogen-bond acceptors (Lipinski definition) is 3. The summed E-state index contributed by atoms with van der Waals surface area (Å²) in [6.45, 7) is 5.84. The average Bonchev–Trinajstić information content (AvgIpc) is 2.36. The van der Waals surface area contributed by atoms with Crippen LogP contribution >= 0.6 is 0 Å². The van der Waals surface area contributed by atoms with Crippen LogP contribution in [0.1, 0.15) is 31.1 Å². The first-order valence-corrected chi connectivity index (χ1v) is 6.52. The first-order valence-electron chi connectivity index (χ1n) is 6.52. The van der Waals surface area contributed by atoms with Crippen LogP contribution in [0.25, 0.3) is 0 Å². The summed E-state index contributed by atoms with van der Waals surface area (Å²) < 4.78 is 0. The topological polar surface area (TPSA) is 52.6 Å². The molecule has 1 amide bonds. The minimum Gasteiger partial charge on any atom is -0.388 e. The van der Waals surface area contributed by atoms with Gasteiger partial charge in [0.2, 0.25) is 0 Å². The fraction of sp³-hybridized carbons (Fsp3) is 0.533. The third-order valence-corrected chi connectivity index (χ3v) is 3.50. The molecule has 4 heteroatoms. The summed E-state index contributed by atoms with van der Waals surface area (Å²) in [6, 6.07) is 7.37. The molecule has 4 nitrogen and oxygen atoms in total. The van der Waals surface area contributed by atoms with E-state index in [4.69, 9.17) is 0 Å². The Hall–Kier alpha value is -1.55. The molecule has 0 bridgehead atoms. The van der Waals surface area contributed by atoms with Crippen molar-refractivity contribution < 1.29 is 9.90 Å². The maximum atomic E-state index is 12.0. The van der Waals surface area contributed by atoms with E-state index in [1.54, 1.807) is 19.1 Å². The van der Waals surface area contributed by atoms with Crippen molar-refractivity contribution in [2.75, 3.05) is 25.5 Å². The van der Waals surface area contributed by atoms with E-state index in [9.17, 15) is 9.90 Å². The highest BCUT2D eigenvalue weighted by molar-refractivity contribution is 5.94. The molecule has 0 aromatic heterocycles. The second-order valence-corrected chi connectivity index (χ2v) is 5.64. The van der Waals surface area contributed by atoms with E-state index in [0.29, 0.717) is 5.56 Å². The van der Waals surface area contributed by atoms with Crippen LogP contribution in [0.5, 0.6) is 0 Å². The highest BCUT2D eigenvalue weighted by Gasteiger charge is 2.25. The quantitative estimate of drug-likeness (QED) is 0.854. The fourth-order valence-electron chi connectivity index (χ4n) is 1.48. The monoisotopic (exact) mass is 264 g/mol. The fourth-order valence-corrected chi connectivity index (χ4v) is 1.48. The normalized spacial score (nSPS) is 14.1. The highest BCUT2D eigenvalue weighted by atomic mass is 16.3. The molecule has 1 aromatic rings. The van der Waals surface area contributed by atoms with Gasteiger partial charge < -0.3 is 15.3 Å². The van der Waals surface area contributed by atoms with Crippen molar-refractivity contribution in [2.24, 2.45) is 5.92 Å². The molecule has 0 saturated heterocycles. The van der Waals surface area contributed by atoms with Gasteiger partial charge in [0.05, 0.1) is 5.60 Å². The SMILES string of the molecule is CC(C)C(C)(O)CNC(=O)c1ccc(N(C)C)cc1. The number of anilines is 1. The molecule has 0 heterocycles. The summed E-state index contributed by atoms with van der Waals surface area (Å²) >= 11 is 0. The Bertz CT molecular complexity index is 422. The van der Waals surface area contributed by atoms with E-state index < -0.39 is 5.60 Å². The molecule has 0 aliphatic carbocycles. The van der Waals surface area contributed by atoms with Gasteiger partial charge in [-0.3, -0.25) is 4.79 Å². The molecule has 1 rings (SSSR count). The van der Waals surface area contributed by atoms with Gasteiger partial charge >= 0.3 is 0 Å². The van der Waals surface area contributed by atoms with Crippen LogP contribution in [0.2, 0.25) is 0 Å². The Morgan fingerprint density at radius 3 is 2.26 bits per heavy atom. The minimum absolute atomic E-state index is 0.0870. The van der Waals surface area contributed by atoms with Crippen LogP contribution in [0, 0.1) is 5.92 Å². The van der Waals surface area contributed by atoms with E-state index in [1.165, 1.54) is 0 Å². The number of nitrogens with one attached hydrogen (secondary N) is 1. The maximum Gasteiger partial charge on any atom is 0.251 e. The summed E-state index contributed by atoms with van der Waals surface area (Å²) in [7, 11) is 3.91. The van der Waals surface area contributed by atoms with Crippen molar-refractivity contribution in [1.82, 2.24) is 5.32 Å². The lowest BCUT2D eigenvalue weighted by molar-refractivity contribution is 0.0142. The van der Waals surface area contributed by atoms with Crippen molar-refractivity contribution in [3.05, 3.63) is 29.8 Å². The predicted molar refractivity (Wildman–Crippen MR) is 78.6 cm³/mol. The minimum atomic E-state index is -0.890. The average molecular weight is 264 g/mol. The Morgan fingerprint density at radius 1 is 1.32 bits per heavy atom. The van der Waals surface area contributed by atoms with Crippen LogP contribution in [0.4, 0.5) is 5.69 Å². The number of carbonyl (C=O) groups excluding carboxylic acids is 1. The Balaban J connectivity index is 2.64. The van der Waals surface area contributed by atoms with Gasteiger partial charge in [0, 0.05) is 31.9 Å². The molecule has 1 aromatic carbocycles. The van der Waals surface area contributed by atoms with Gasteiger partial charge in [0.25, 0.3) is 5.91 Å². The summed E-state index contributed by atoms with van der Waals surface area (Å²) in [5, 5.41) is 12.8. The molecule has 1 unspecified atom stereocenters. The third kappa shape index (κ3) is 4.24. The largest absolute Gasteiger partial charge is 0.388 e. The van der Waals surface area contributed by atoms with Crippen LogP contribution in [0.15, 0.2) is 24.3 Å². The first kappa shape index (κ1) is 15.5. The van der Waals surface area contributed by atoms with Crippen LogP contribution in [-0.2, 0) is 0 Å². The zero-order valence-corrected chi connectivity index (χ0v) is 12.4. The summed E-state index contributed by atoms with van der Waals surface area (Å²) in [5.41, 5.74) is 0.759. The van der Waals surface area contributed by atoms with Crippen molar-refractivity contribution in [1.29, 1.82) is 0 Å². The number of hydrogen-bond donors (Lipinski definition) is 2. The smallest absolute Gasteiger partial charge is 0.251 e. The van der Waals surface area contributed by atoms with Crippen molar-refractivity contribution in [3.8, 4) is 0 Å². The van der Waals surface area contributed by atoms with E-state index in [1.807, 2.05) is 45.0 Å². The van der Waals surface area contributed by atoms with Gasteiger partial charge in [-0.2, -0.15) is 0 Å². The molecule has 0 spiro atoms. The van der Waals surface area contributed by atoms with Gasteiger partial charge in [-0.1, -0.05) is 13.8 Å². The number of nitrogens with zero attached hydrogens (tertiary/aromatic N) is 1. The van der Waals surface area contributed by atoms with Gasteiger partial charge in [-0.05, 0) is 37.1 Å². The van der Waals surface area contributed by atoms with Gasteiger partial charge in [-0.15, -0.1) is 0 Å². The Kier molecular flexibility index (Phi) is 4.95. The lowest BCUT2D eigenvalue weighted by atomic mass is 9.92. The van der Waals surface area contributed by atoms with E-state index in [0.717, 1.165) is 5.69 Å². The second kappa shape index (κ2) is 6.06. The molecule has 0 saturated carbocycles. The first-order chi connectivity index (χ1) is 8.74. The number of amides is 1. The Labute approximate surface area is 115 Å². The van der Waals surface area contributed by atoms with E-state index in [2.05, 4.69) is 5.32 Å². The molecular weight excluding hydrogens is 240 g/mol. The zero-order valence-electron chi connectivity index (χ0n) is 12.4. The lowest BCUT2D eigenvalue weighted by Crippen LogP contribution is -2.44. The van der Waals surface area contributed by atoms with Crippen molar-refractivity contribution in [2.45, 2.75) is 26.4 Å². The summed E-state index contributed by atoms with van der Waals surface area (Å²) in [4.78, 5) is 13.9. The number of rotatable bonds is 5.